The zero-order valence-electron chi connectivity index (χ0n) is 17.4. The smallest absolute Gasteiger partial charge is 0.325 e. The van der Waals surface area contributed by atoms with Crippen LogP contribution in [0.5, 0.6) is 5.75 Å². The number of nitrogens with zero attached hydrogens (tertiary/aromatic N) is 1. The van der Waals surface area contributed by atoms with Crippen LogP contribution in [-0.4, -0.2) is 35.9 Å². The summed E-state index contributed by atoms with van der Waals surface area (Å²) in [5.74, 6) is -0.299. The van der Waals surface area contributed by atoms with Gasteiger partial charge in [-0.25, -0.2) is 4.79 Å². The van der Waals surface area contributed by atoms with Crippen molar-refractivity contribution in [3.63, 3.8) is 0 Å². The highest BCUT2D eigenvalue weighted by Crippen LogP contribution is 2.30. The van der Waals surface area contributed by atoms with E-state index in [0.717, 1.165) is 16.0 Å². The Kier molecular flexibility index (Phi) is 6.65. The third-order valence-corrected chi connectivity index (χ3v) is 5.15. The first-order valence-electron chi connectivity index (χ1n) is 9.72. The first-order chi connectivity index (χ1) is 14.7. The molecule has 2 N–H and O–H groups in total. The van der Waals surface area contributed by atoms with Crippen molar-refractivity contribution in [2.24, 2.45) is 0 Å². The number of benzene rings is 2. The Balaban J connectivity index is 1.63. The minimum absolute atomic E-state index is 0.266. The van der Waals surface area contributed by atoms with Crippen LogP contribution in [0.4, 0.5) is 4.79 Å². The summed E-state index contributed by atoms with van der Waals surface area (Å²) in [5.41, 5.74) is 1.08. The summed E-state index contributed by atoms with van der Waals surface area (Å²) in [6.07, 6.45) is 0. The van der Waals surface area contributed by atoms with Crippen molar-refractivity contribution in [3.8, 4) is 5.75 Å². The summed E-state index contributed by atoms with van der Waals surface area (Å²) < 4.78 is 5.57. The Morgan fingerprint density at radius 1 is 1.16 bits per heavy atom. The lowest BCUT2D eigenvalue weighted by atomic mass is 9.92. The number of amides is 4. The molecule has 3 rings (SSSR count). The molecule has 31 heavy (non-hydrogen) atoms. The first-order valence-corrected chi connectivity index (χ1v) is 10.1. The number of ether oxygens (including phenoxy) is 1. The molecule has 0 saturated carbocycles. The van der Waals surface area contributed by atoms with Crippen molar-refractivity contribution < 1.29 is 19.1 Å². The number of imide groups is 1. The maximum atomic E-state index is 13.0. The van der Waals surface area contributed by atoms with Crippen molar-refractivity contribution in [1.29, 1.82) is 0 Å². The molecule has 8 heteroatoms. The molecular weight excluding hydrogens is 418 g/mol. The minimum Gasteiger partial charge on any atom is -0.489 e. The summed E-state index contributed by atoms with van der Waals surface area (Å²) in [7, 11) is 0. The predicted octanol–water partition coefficient (Wildman–Crippen LogP) is 3.38. The second kappa shape index (κ2) is 9.22. The molecule has 0 radical (unpaired) electrons. The van der Waals surface area contributed by atoms with Crippen molar-refractivity contribution in [2.75, 3.05) is 13.2 Å². The third kappa shape index (κ3) is 5.24. The number of halogens is 1. The average Bonchev–Trinajstić information content (AvgIpc) is 2.96. The van der Waals surface area contributed by atoms with Gasteiger partial charge in [-0.05, 0) is 54.8 Å². The van der Waals surface area contributed by atoms with E-state index in [9.17, 15) is 14.4 Å². The largest absolute Gasteiger partial charge is 0.489 e. The lowest BCUT2D eigenvalue weighted by Gasteiger charge is -2.22. The number of rotatable bonds is 8. The van der Waals surface area contributed by atoms with E-state index in [1.54, 1.807) is 55.5 Å². The van der Waals surface area contributed by atoms with E-state index in [1.807, 2.05) is 6.92 Å². The molecule has 162 valence electrons. The highest BCUT2D eigenvalue weighted by Gasteiger charge is 2.49. The van der Waals surface area contributed by atoms with E-state index in [1.165, 1.54) is 0 Å². The van der Waals surface area contributed by atoms with Gasteiger partial charge in [0.25, 0.3) is 5.91 Å². The summed E-state index contributed by atoms with van der Waals surface area (Å²) in [6.45, 7) is 7.56. The van der Waals surface area contributed by atoms with Crippen molar-refractivity contribution >= 4 is 29.4 Å². The van der Waals surface area contributed by atoms with E-state index in [-0.39, 0.29) is 13.1 Å². The molecule has 2 aromatic rings. The molecule has 1 aliphatic heterocycles. The molecule has 7 nitrogen and oxygen atoms in total. The molecule has 0 aromatic heterocycles. The molecule has 2 aromatic carbocycles. The van der Waals surface area contributed by atoms with Crippen molar-refractivity contribution in [1.82, 2.24) is 15.5 Å². The van der Waals surface area contributed by atoms with Crippen LogP contribution in [0.15, 0.2) is 60.7 Å². The number of nitrogens with one attached hydrogen (secondary N) is 2. The van der Waals surface area contributed by atoms with Crippen molar-refractivity contribution in [2.45, 2.75) is 25.9 Å². The molecule has 4 amide bonds. The SMILES string of the molecule is C=C(C)COc1ccc(C2(C)NC(=O)N(CC(=O)NCc3ccc(Cl)cc3)C2=O)cc1. The van der Waals surface area contributed by atoms with Crippen LogP contribution in [0.1, 0.15) is 25.0 Å². The quantitative estimate of drug-likeness (QED) is 0.485. The lowest BCUT2D eigenvalue weighted by molar-refractivity contribution is -0.134. The molecule has 1 heterocycles. The van der Waals surface area contributed by atoms with E-state index in [4.69, 9.17) is 16.3 Å². The van der Waals surface area contributed by atoms with Gasteiger partial charge in [0.05, 0.1) is 0 Å². The van der Waals surface area contributed by atoms with E-state index < -0.39 is 23.4 Å². The van der Waals surface area contributed by atoms with E-state index in [0.29, 0.717) is 22.9 Å². The second-order valence-corrected chi connectivity index (χ2v) is 8.06. The van der Waals surface area contributed by atoms with Crippen molar-refractivity contribution in [3.05, 3.63) is 76.8 Å². The van der Waals surface area contributed by atoms with Gasteiger partial charge < -0.3 is 15.4 Å². The fourth-order valence-corrected chi connectivity index (χ4v) is 3.26. The molecule has 0 bridgehead atoms. The Bertz CT molecular complexity index is 1000. The van der Waals surface area contributed by atoms with Gasteiger partial charge in [-0.1, -0.05) is 42.4 Å². The van der Waals surface area contributed by atoms with Crippen LogP contribution in [0.3, 0.4) is 0 Å². The first kappa shape index (κ1) is 22.4. The molecular formula is C23H24ClN3O4. The second-order valence-electron chi connectivity index (χ2n) is 7.62. The highest BCUT2D eigenvalue weighted by molar-refractivity contribution is 6.30. The van der Waals surface area contributed by atoms with Gasteiger partial charge in [-0.3, -0.25) is 14.5 Å². The van der Waals surface area contributed by atoms with Gasteiger partial charge in [0.15, 0.2) is 0 Å². The van der Waals surface area contributed by atoms with Crippen LogP contribution in [-0.2, 0) is 21.7 Å². The van der Waals surface area contributed by atoms with E-state index in [2.05, 4.69) is 17.2 Å². The third-order valence-electron chi connectivity index (χ3n) is 4.90. The molecule has 0 aliphatic carbocycles. The number of urea groups is 1. The minimum atomic E-state index is -1.26. The zero-order chi connectivity index (χ0) is 22.6. The Hall–Kier alpha value is -3.32. The Morgan fingerprint density at radius 3 is 2.42 bits per heavy atom. The lowest BCUT2D eigenvalue weighted by Crippen LogP contribution is -2.43. The summed E-state index contributed by atoms with van der Waals surface area (Å²) in [6, 6.07) is 13.3. The summed E-state index contributed by atoms with van der Waals surface area (Å²) in [5, 5.41) is 5.99. The van der Waals surface area contributed by atoms with E-state index >= 15 is 0 Å². The number of carbonyl (C=O) groups is 3. The van der Waals surface area contributed by atoms with Crippen LogP contribution in [0, 0.1) is 0 Å². The zero-order valence-corrected chi connectivity index (χ0v) is 18.2. The summed E-state index contributed by atoms with van der Waals surface area (Å²) in [4.78, 5) is 38.7. The maximum absolute atomic E-state index is 13.0. The van der Waals surface area contributed by atoms with Gasteiger partial charge in [-0.2, -0.15) is 0 Å². The maximum Gasteiger partial charge on any atom is 0.325 e. The fraction of sp³-hybridized carbons (Fsp3) is 0.261. The van der Waals surface area contributed by atoms with Gasteiger partial charge in [0, 0.05) is 11.6 Å². The highest BCUT2D eigenvalue weighted by atomic mass is 35.5. The monoisotopic (exact) mass is 441 g/mol. The molecule has 1 atom stereocenters. The summed E-state index contributed by atoms with van der Waals surface area (Å²) >= 11 is 5.85. The van der Waals surface area contributed by atoms with Crippen LogP contribution < -0.4 is 15.4 Å². The number of hydrogen-bond acceptors (Lipinski definition) is 4. The number of hydrogen-bond donors (Lipinski definition) is 2. The number of carbonyl (C=O) groups excluding carboxylic acids is 3. The van der Waals surface area contributed by atoms with Crippen LogP contribution in [0.25, 0.3) is 0 Å². The van der Waals surface area contributed by atoms with Gasteiger partial charge in [0.1, 0.15) is 24.4 Å². The Labute approximate surface area is 186 Å². The van der Waals surface area contributed by atoms with Gasteiger partial charge in [0.2, 0.25) is 5.91 Å². The standard InChI is InChI=1S/C23H24ClN3O4/c1-15(2)14-31-19-10-6-17(7-11-19)23(3)21(29)27(22(30)26-23)13-20(28)25-12-16-4-8-18(24)9-5-16/h4-11H,1,12-14H2,2-3H3,(H,25,28)(H,26,30). The molecule has 0 spiro atoms. The molecule has 1 fully saturated rings. The van der Waals surface area contributed by atoms with Gasteiger partial charge >= 0.3 is 6.03 Å². The fourth-order valence-electron chi connectivity index (χ4n) is 3.13. The van der Waals surface area contributed by atoms with Crippen LogP contribution >= 0.6 is 11.6 Å². The molecule has 1 saturated heterocycles. The van der Waals surface area contributed by atoms with Crippen LogP contribution in [0.2, 0.25) is 5.02 Å². The topological polar surface area (TPSA) is 87.7 Å². The normalized spacial score (nSPS) is 18.0. The molecule has 1 unspecified atom stereocenters. The van der Waals surface area contributed by atoms with Gasteiger partial charge in [-0.15, -0.1) is 0 Å². The molecule has 1 aliphatic rings. The predicted molar refractivity (Wildman–Crippen MR) is 118 cm³/mol. The average molecular weight is 442 g/mol. The Morgan fingerprint density at radius 2 is 1.81 bits per heavy atom.